The van der Waals surface area contributed by atoms with Crippen molar-refractivity contribution in [2.45, 2.75) is 33.7 Å². The number of nitrogens with zero attached hydrogens (tertiary/aromatic N) is 3. The van der Waals surface area contributed by atoms with Crippen molar-refractivity contribution >= 4 is 23.3 Å². The molecule has 0 spiro atoms. The molecule has 1 aliphatic heterocycles. The van der Waals surface area contributed by atoms with Crippen LogP contribution in [-0.4, -0.2) is 49.3 Å². The van der Waals surface area contributed by atoms with Crippen molar-refractivity contribution in [2.24, 2.45) is 4.99 Å². The first-order valence-corrected chi connectivity index (χ1v) is 13.5. The van der Waals surface area contributed by atoms with Crippen molar-refractivity contribution in [2.75, 3.05) is 33.9 Å². The first kappa shape index (κ1) is 27.2. The predicted molar refractivity (Wildman–Crippen MR) is 149 cm³/mol. The zero-order valence-corrected chi connectivity index (χ0v) is 23.4. The lowest BCUT2D eigenvalue weighted by atomic mass is 9.93. The summed E-state index contributed by atoms with van der Waals surface area (Å²) in [6.07, 6.45) is 1.82. The number of fused-ring (bicyclic) bond motifs is 1. The molecule has 0 N–H and O–H groups in total. The van der Waals surface area contributed by atoms with E-state index in [-0.39, 0.29) is 11.5 Å². The van der Waals surface area contributed by atoms with Crippen LogP contribution in [0, 0.1) is 0 Å². The zero-order valence-electron chi connectivity index (χ0n) is 22.6. The number of rotatable bonds is 9. The van der Waals surface area contributed by atoms with Gasteiger partial charge in [-0.15, -0.1) is 0 Å². The van der Waals surface area contributed by atoms with E-state index >= 15 is 0 Å². The number of thiazole rings is 1. The van der Waals surface area contributed by atoms with Gasteiger partial charge in [0.05, 0.1) is 36.6 Å². The maximum absolute atomic E-state index is 14.0. The molecule has 200 valence electrons. The van der Waals surface area contributed by atoms with E-state index in [0.29, 0.717) is 63.1 Å². The minimum Gasteiger partial charge on any atom is -0.497 e. The summed E-state index contributed by atoms with van der Waals surface area (Å²) in [5.41, 5.74) is 2.21. The van der Waals surface area contributed by atoms with Crippen LogP contribution in [-0.2, 0) is 4.79 Å². The highest BCUT2D eigenvalue weighted by Gasteiger charge is 2.36. The molecule has 2 heterocycles. The van der Waals surface area contributed by atoms with Crippen molar-refractivity contribution in [3.05, 3.63) is 84.5 Å². The highest BCUT2D eigenvalue weighted by atomic mass is 32.1. The second-order valence-electron chi connectivity index (χ2n) is 8.64. The van der Waals surface area contributed by atoms with Gasteiger partial charge in [0.2, 0.25) is 0 Å². The van der Waals surface area contributed by atoms with Crippen LogP contribution in [0.15, 0.2) is 63.5 Å². The lowest BCUT2D eigenvalue weighted by Gasteiger charge is -2.30. The Bertz CT molecular complexity index is 1550. The normalized spacial score (nSPS) is 15.1. The molecular formula is C29H33N3O5S. The van der Waals surface area contributed by atoms with Gasteiger partial charge >= 0.3 is 0 Å². The largest absolute Gasteiger partial charge is 0.497 e. The molecule has 0 aliphatic carbocycles. The highest BCUT2D eigenvalue weighted by Crippen LogP contribution is 2.38. The maximum Gasteiger partial charge on any atom is 0.271 e. The number of carbonyl (C=O) groups excluding carboxylic acids is 1. The van der Waals surface area contributed by atoms with Crippen LogP contribution in [0.1, 0.15) is 44.9 Å². The van der Waals surface area contributed by atoms with Gasteiger partial charge < -0.3 is 19.1 Å². The number of methoxy groups -OCH3 is 2. The second kappa shape index (κ2) is 11.7. The Balaban J connectivity index is 2.02. The van der Waals surface area contributed by atoms with Crippen molar-refractivity contribution in [3.63, 3.8) is 0 Å². The summed E-state index contributed by atoms with van der Waals surface area (Å²) in [5, 5.41) is 0. The number of aromatic nitrogens is 1. The number of allylic oxidation sites excluding steroid dienone is 1. The number of hydrogen-bond donors (Lipinski definition) is 0. The SMILES string of the molecule is CCOc1ccccc1/C=c1/sc2n(c1=O)[C@@H](c1cc(OC)ccc1OC)C(C(=O)N(CC)CC)=C(C)N=2. The number of amides is 1. The predicted octanol–water partition coefficient (Wildman–Crippen LogP) is 3.52. The van der Waals surface area contributed by atoms with Crippen LogP contribution in [0.3, 0.4) is 0 Å². The average molecular weight is 536 g/mol. The van der Waals surface area contributed by atoms with Gasteiger partial charge in [-0.1, -0.05) is 29.5 Å². The van der Waals surface area contributed by atoms with Gasteiger partial charge in [0.1, 0.15) is 23.3 Å². The molecule has 3 aromatic rings. The molecule has 0 saturated carbocycles. The fourth-order valence-electron chi connectivity index (χ4n) is 4.65. The quantitative estimate of drug-likeness (QED) is 0.419. The van der Waals surface area contributed by atoms with Gasteiger partial charge in [-0.05, 0) is 58.0 Å². The van der Waals surface area contributed by atoms with Gasteiger partial charge in [-0.3, -0.25) is 14.2 Å². The van der Waals surface area contributed by atoms with Crippen molar-refractivity contribution < 1.29 is 19.0 Å². The van der Waals surface area contributed by atoms with Crippen LogP contribution in [0.25, 0.3) is 6.08 Å². The number of para-hydroxylation sites is 1. The molecule has 2 aromatic carbocycles. The van der Waals surface area contributed by atoms with E-state index in [9.17, 15) is 9.59 Å². The topological polar surface area (TPSA) is 82.4 Å². The lowest BCUT2D eigenvalue weighted by molar-refractivity contribution is -0.127. The summed E-state index contributed by atoms with van der Waals surface area (Å²) in [7, 11) is 3.15. The van der Waals surface area contributed by atoms with E-state index in [0.717, 1.165) is 5.56 Å². The summed E-state index contributed by atoms with van der Waals surface area (Å²) >= 11 is 1.28. The van der Waals surface area contributed by atoms with E-state index in [1.165, 1.54) is 11.3 Å². The molecule has 1 aliphatic rings. The third kappa shape index (κ3) is 4.98. The highest BCUT2D eigenvalue weighted by molar-refractivity contribution is 7.07. The molecule has 0 bridgehead atoms. The molecular weight excluding hydrogens is 502 g/mol. The lowest BCUT2D eigenvalue weighted by Crippen LogP contribution is -2.43. The van der Waals surface area contributed by atoms with Gasteiger partial charge in [0, 0.05) is 24.2 Å². The summed E-state index contributed by atoms with van der Waals surface area (Å²) in [4.78, 5) is 34.9. The van der Waals surface area contributed by atoms with E-state index in [1.807, 2.05) is 64.1 Å². The van der Waals surface area contributed by atoms with Crippen LogP contribution in [0.5, 0.6) is 17.2 Å². The Morgan fingerprint density at radius 3 is 2.47 bits per heavy atom. The molecule has 4 rings (SSSR count). The standard InChI is InChI=1S/C29H33N3O5S/c1-7-31(8-2)28(34)25-18(4)30-29-32(26(25)21-17-20(35-5)14-15-23(21)36-6)27(33)24(38-29)16-19-12-10-11-13-22(19)37-9-3/h10-17,26H,7-9H2,1-6H3/b24-16+/t26-/m0/s1. The minimum atomic E-state index is -0.742. The first-order valence-electron chi connectivity index (χ1n) is 12.6. The number of carbonyl (C=O) groups is 1. The Morgan fingerprint density at radius 2 is 1.82 bits per heavy atom. The summed E-state index contributed by atoms with van der Waals surface area (Å²) in [5.74, 6) is 1.67. The molecule has 1 aromatic heterocycles. The molecule has 0 saturated heterocycles. The van der Waals surface area contributed by atoms with Gasteiger partial charge in [0.15, 0.2) is 4.80 Å². The van der Waals surface area contributed by atoms with Crippen LogP contribution in [0.2, 0.25) is 0 Å². The number of benzene rings is 2. The van der Waals surface area contributed by atoms with Crippen molar-refractivity contribution in [1.82, 2.24) is 9.47 Å². The average Bonchev–Trinajstić information content (AvgIpc) is 3.23. The summed E-state index contributed by atoms with van der Waals surface area (Å²) in [6, 6.07) is 12.2. The van der Waals surface area contributed by atoms with Crippen LogP contribution < -0.4 is 29.1 Å². The fourth-order valence-corrected chi connectivity index (χ4v) is 5.69. The smallest absolute Gasteiger partial charge is 0.271 e. The Kier molecular flexibility index (Phi) is 8.36. The van der Waals surface area contributed by atoms with E-state index < -0.39 is 6.04 Å². The maximum atomic E-state index is 14.0. The number of hydrogen-bond acceptors (Lipinski definition) is 7. The summed E-state index contributed by atoms with van der Waals surface area (Å²) in [6.45, 7) is 9.19. The molecule has 1 amide bonds. The minimum absolute atomic E-state index is 0.165. The van der Waals surface area contributed by atoms with Crippen LogP contribution in [0.4, 0.5) is 0 Å². The third-order valence-electron chi connectivity index (χ3n) is 6.54. The van der Waals surface area contributed by atoms with E-state index in [4.69, 9.17) is 19.2 Å². The fraction of sp³-hybridized carbons (Fsp3) is 0.345. The molecule has 1 atom stereocenters. The Hall–Kier alpha value is -3.85. The molecule has 0 radical (unpaired) electrons. The van der Waals surface area contributed by atoms with Gasteiger partial charge in [-0.25, -0.2) is 4.99 Å². The molecule has 9 heteroatoms. The zero-order chi connectivity index (χ0) is 27.4. The van der Waals surface area contributed by atoms with Gasteiger partial charge in [-0.2, -0.15) is 0 Å². The van der Waals surface area contributed by atoms with Crippen molar-refractivity contribution in [1.29, 1.82) is 0 Å². The molecule has 8 nitrogen and oxygen atoms in total. The molecule has 38 heavy (non-hydrogen) atoms. The monoisotopic (exact) mass is 535 g/mol. The van der Waals surface area contributed by atoms with E-state index in [2.05, 4.69) is 0 Å². The number of likely N-dealkylation sites (N-methyl/N-ethyl adjacent to an activating group) is 1. The molecule has 0 unspecified atom stereocenters. The van der Waals surface area contributed by atoms with E-state index in [1.54, 1.807) is 35.8 Å². The third-order valence-corrected chi connectivity index (χ3v) is 7.52. The summed E-state index contributed by atoms with van der Waals surface area (Å²) < 4.78 is 19.1. The Labute approximate surface area is 226 Å². The molecule has 0 fully saturated rings. The first-order chi connectivity index (χ1) is 18.4. The Morgan fingerprint density at radius 1 is 1.08 bits per heavy atom. The number of ether oxygens (including phenoxy) is 3. The van der Waals surface area contributed by atoms with Gasteiger partial charge in [0.25, 0.3) is 11.5 Å². The van der Waals surface area contributed by atoms with Crippen LogP contribution >= 0.6 is 11.3 Å². The second-order valence-corrected chi connectivity index (χ2v) is 9.65. The van der Waals surface area contributed by atoms with Crippen molar-refractivity contribution in [3.8, 4) is 17.2 Å².